The molecule has 7 heteroatoms. The van der Waals surface area contributed by atoms with Crippen molar-refractivity contribution in [3.63, 3.8) is 0 Å². The summed E-state index contributed by atoms with van der Waals surface area (Å²) in [6, 6.07) is -0.903. The van der Waals surface area contributed by atoms with Crippen molar-refractivity contribution in [2.45, 2.75) is 51.2 Å². The van der Waals surface area contributed by atoms with Crippen LogP contribution in [0.2, 0.25) is 0 Å². The lowest BCUT2D eigenvalue weighted by Gasteiger charge is -2.23. The molecule has 0 aliphatic carbocycles. The van der Waals surface area contributed by atoms with Gasteiger partial charge in [-0.05, 0) is 19.8 Å². The van der Waals surface area contributed by atoms with E-state index in [0.717, 1.165) is 0 Å². The molecule has 1 saturated heterocycles. The van der Waals surface area contributed by atoms with Gasteiger partial charge in [0.15, 0.2) is 11.4 Å². The molecule has 0 bridgehead atoms. The fraction of sp³-hybridized carbons (Fsp3) is 0.706. The van der Waals surface area contributed by atoms with Gasteiger partial charge in [-0.15, -0.1) is 6.58 Å². The quantitative estimate of drug-likeness (QED) is 0.343. The Bertz CT molecular complexity index is 497. The Morgan fingerprint density at radius 1 is 1.29 bits per heavy atom. The van der Waals surface area contributed by atoms with Crippen molar-refractivity contribution < 1.29 is 29.3 Å². The molecule has 3 N–H and O–H groups in total. The van der Waals surface area contributed by atoms with E-state index in [-0.39, 0.29) is 25.2 Å². The smallest absolute Gasteiger partial charge is 0.226 e. The lowest BCUT2D eigenvalue weighted by Crippen LogP contribution is -2.50. The number of epoxide rings is 1. The Hall–Kier alpha value is -1.57. The van der Waals surface area contributed by atoms with Gasteiger partial charge >= 0.3 is 0 Å². The average Bonchev–Trinajstić information content (AvgIpc) is 3.32. The van der Waals surface area contributed by atoms with E-state index in [9.17, 15) is 24.6 Å². The van der Waals surface area contributed by atoms with Gasteiger partial charge in [0.05, 0.1) is 31.8 Å². The highest BCUT2D eigenvalue weighted by molar-refractivity contribution is 5.98. The number of rotatable bonds is 12. The lowest BCUT2D eigenvalue weighted by molar-refractivity contribution is -0.135. The summed E-state index contributed by atoms with van der Waals surface area (Å²) in [6.07, 6.45) is 1.16. The summed E-state index contributed by atoms with van der Waals surface area (Å²) < 4.78 is 5.05. The van der Waals surface area contributed by atoms with Crippen LogP contribution in [-0.4, -0.2) is 59.2 Å². The van der Waals surface area contributed by atoms with Crippen LogP contribution in [0.3, 0.4) is 0 Å². The molecule has 0 aromatic rings. The monoisotopic (exact) mass is 341 g/mol. The second-order valence-corrected chi connectivity index (χ2v) is 6.40. The first-order chi connectivity index (χ1) is 11.3. The maximum absolute atomic E-state index is 12.5. The second-order valence-electron chi connectivity index (χ2n) is 6.40. The van der Waals surface area contributed by atoms with E-state index in [0.29, 0.717) is 18.4 Å². The number of aliphatic hydroxyl groups excluding tert-OH is 2. The number of hydrogen-bond donors (Lipinski definition) is 3. The van der Waals surface area contributed by atoms with Crippen molar-refractivity contribution in [1.29, 1.82) is 0 Å². The van der Waals surface area contributed by atoms with E-state index in [1.54, 1.807) is 6.92 Å². The van der Waals surface area contributed by atoms with Crippen molar-refractivity contribution in [1.82, 2.24) is 5.32 Å². The fourth-order valence-corrected chi connectivity index (χ4v) is 2.46. The third kappa shape index (κ3) is 5.51. The molecular weight excluding hydrogens is 314 g/mol. The number of hydrogen-bond acceptors (Lipinski definition) is 6. The molecule has 136 valence electrons. The topological polar surface area (TPSA) is 116 Å². The van der Waals surface area contributed by atoms with Crippen molar-refractivity contribution in [2.75, 3.05) is 19.8 Å². The van der Waals surface area contributed by atoms with E-state index in [2.05, 4.69) is 11.9 Å². The van der Waals surface area contributed by atoms with Crippen LogP contribution in [0, 0.1) is 5.92 Å². The summed E-state index contributed by atoms with van der Waals surface area (Å²) >= 11 is 0. The van der Waals surface area contributed by atoms with Gasteiger partial charge in [-0.3, -0.25) is 14.4 Å². The van der Waals surface area contributed by atoms with Gasteiger partial charge in [-0.25, -0.2) is 0 Å². The highest BCUT2D eigenvalue weighted by Gasteiger charge is 2.54. The first-order valence-corrected chi connectivity index (χ1v) is 8.16. The van der Waals surface area contributed by atoms with E-state index < -0.39 is 42.5 Å². The number of ketones is 2. The van der Waals surface area contributed by atoms with Gasteiger partial charge in [0.2, 0.25) is 5.91 Å². The molecule has 0 aromatic heterocycles. The van der Waals surface area contributed by atoms with E-state index in [1.807, 2.05) is 6.92 Å². The van der Waals surface area contributed by atoms with Gasteiger partial charge in [-0.1, -0.05) is 12.5 Å². The number of carbonyl (C=O) groups excluding carboxylic acids is 3. The van der Waals surface area contributed by atoms with Crippen LogP contribution in [0.15, 0.2) is 12.2 Å². The highest BCUT2D eigenvalue weighted by Crippen LogP contribution is 2.30. The number of amides is 1. The van der Waals surface area contributed by atoms with Gasteiger partial charge in [0, 0.05) is 12.8 Å². The Morgan fingerprint density at radius 2 is 1.92 bits per heavy atom. The maximum atomic E-state index is 12.5. The summed E-state index contributed by atoms with van der Waals surface area (Å²) in [4.78, 5) is 36.5. The molecule has 0 aromatic carbocycles. The highest BCUT2D eigenvalue weighted by atomic mass is 16.6. The van der Waals surface area contributed by atoms with Crippen LogP contribution in [0.1, 0.15) is 39.5 Å². The Balaban J connectivity index is 2.77. The van der Waals surface area contributed by atoms with Crippen molar-refractivity contribution in [2.24, 2.45) is 5.92 Å². The van der Waals surface area contributed by atoms with E-state index >= 15 is 0 Å². The summed E-state index contributed by atoms with van der Waals surface area (Å²) in [5.41, 5.74) is -0.565. The lowest BCUT2D eigenvalue weighted by atomic mass is 9.93. The summed E-state index contributed by atoms with van der Waals surface area (Å²) in [5.74, 6) is -1.98. The normalized spacial score (nSPS) is 21.7. The molecule has 1 amide bonds. The molecule has 3 atom stereocenters. The van der Waals surface area contributed by atoms with Gasteiger partial charge in [0.1, 0.15) is 5.78 Å². The number of nitrogens with one attached hydrogen (secondary N) is 1. The summed E-state index contributed by atoms with van der Waals surface area (Å²) in [6.45, 7) is 6.51. The fourth-order valence-electron chi connectivity index (χ4n) is 2.46. The number of aliphatic hydroxyl groups is 2. The molecule has 1 rings (SSSR count). The number of carbonyl (C=O) groups is 3. The Morgan fingerprint density at radius 3 is 2.33 bits per heavy atom. The minimum Gasteiger partial charge on any atom is -0.396 e. The summed E-state index contributed by atoms with van der Waals surface area (Å²) in [7, 11) is 0. The van der Waals surface area contributed by atoms with E-state index in [1.165, 1.54) is 0 Å². The molecule has 0 radical (unpaired) electrons. The molecule has 1 aliphatic rings. The SMILES string of the molecule is C=C(C)CC(NC(=O)[C@H](CO)CC(=O)CCC)C(=O)C1(CO)CO1. The van der Waals surface area contributed by atoms with Crippen LogP contribution in [-0.2, 0) is 19.1 Å². The largest absolute Gasteiger partial charge is 0.396 e. The molecule has 24 heavy (non-hydrogen) atoms. The van der Waals surface area contributed by atoms with Gasteiger partial charge < -0.3 is 20.3 Å². The maximum Gasteiger partial charge on any atom is 0.226 e. The standard InChI is InChI=1S/C17H27NO6/c1-4-5-13(21)7-12(8-19)16(23)18-14(6-11(2)3)15(22)17(9-20)10-24-17/h12,14,19-20H,2,4-10H2,1,3H3,(H,18,23)/t12-,14?,17?/m0/s1. The third-order valence-electron chi connectivity index (χ3n) is 3.98. The molecule has 1 heterocycles. The third-order valence-corrected chi connectivity index (χ3v) is 3.98. The van der Waals surface area contributed by atoms with Gasteiger partial charge in [-0.2, -0.15) is 0 Å². The second kappa shape index (κ2) is 9.05. The zero-order valence-corrected chi connectivity index (χ0v) is 14.3. The van der Waals surface area contributed by atoms with Crippen LogP contribution in [0.4, 0.5) is 0 Å². The zero-order chi connectivity index (χ0) is 18.3. The molecule has 0 spiro atoms. The van der Waals surface area contributed by atoms with Crippen LogP contribution >= 0.6 is 0 Å². The Labute approximate surface area is 142 Å². The summed E-state index contributed by atoms with van der Waals surface area (Å²) in [5, 5.41) is 21.3. The molecule has 0 saturated carbocycles. The van der Waals surface area contributed by atoms with E-state index in [4.69, 9.17) is 4.74 Å². The Kier molecular flexibility index (Phi) is 7.72. The first kappa shape index (κ1) is 20.5. The zero-order valence-electron chi connectivity index (χ0n) is 14.3. The number of Topliss-reactive ketones (excluding diaryl/α,β-unsaturated/α-hetero) is 2. The molecule has 1 fully saturated rings. The van der Waals surface area contributed by atoms with Crippen LogP contribution in [0.25, 0.3) is 0 Å². The predicted molar refractivity (Wildman–Crippen MR) is 87.2 cm³/mol. The predicted octanol–water partition coefficient (Wildman–Crippen LogP) is 0.136. The minimum atomic E-state index is -1.25. The molecular formula is C17H27NO6. The molecule has 7 nitrogen and oxygen atoms in total. The average molecular weight is 341 g/mol. The molecule has 1 aliphatic heterocycles. The van der Waals surface area contributed by atoms with Crippen molar-refractivity contribution >= 4 is 17.5 Å². The van der Waals surface area contributed by atoms with Crippen molar-refractivity contribution in [3.05, 3.63) is 12.2 Å². The van der Waals surface area contributed by atoms with Gasteiger partial charge in [0.25, 0.3) is 0 Å². The first-order valence-electron chi connectivity index (χ1n) is 8.16. The van der Waals surface area contributed by atoms with Crippen molar-refractivity contribution in [3.8, 4) is 0 Å². The molecule has 2 unspecified atom stereocenters. The minimum absolute atomic E-state index is 0.0637. The van der Waals surface area contributed by atoms with Crippen LogP contribution in [0.5, 0.6) is 0 Å². The number of ether oxygens (including phenoxy) is 1. The van der Waals surface area contributed by atoms with Crippen LogP contribution < -0.4 is 5.32 Å².